The van der Waals surface area contributed by atoms with Crippen LogP contribution in [0, 0.1) is 22.7 Å². The molecule has 3 heterocycles. The van der Waals surface area contributed by atoms with Crippen LogP contribution in [-0.2, 0) is 0 Å². The Labute approximate surface area is 232 Å². The molecule has 0 saturated carbocycles. The van der Waals surface area contributed by atoms with Crippen LogP contribution in [0.2, 0.25) is 10.0 Å². The highest BCUT2D eigenvalue weighted by molar-refractivity contribution is 6.35. The normalized spacial score (nSPS) is 15.1. The van der Waals surface area contributed by atoms with E-state index in [2.05, 4.69) is 20.9 Å². The molecule has 1 saturated heterocycles. The summed E-state index contributed by atoms with van der Waals surface area (Å²) in [5.74, 6) is 1.26. The van der Waals surface area contributed by atoms with Gasteiger partial charge in [0, 0.05) is 54.1 Å². The van der Waals surface area contributed by atoms with E-state index in [1.807, 2.05) is 20.8 Å². The van der Waals surface area contributed by atoms with Gasteiger partial charge in [0.2, 0.25) is 0 Å². The van der Waals surface area contributed by atoms with Crippen molar-refractivity contribution < 1.29 is 9.84 Å². The summed E-state index contributed by atoms with van der Waals surface area (Å²) in [6.45, 7) is 6.89. The van der Waals surface area contributed by atoms with Gasteiger partial charge in [0.25, 0.3) is 0 Å². The average molecular weight is 553 g/mol. The summed E-state index contributed by atoms with van der Waals surface area (Å²) >= 11 is 12.5. The predicted octanol–water partition coefficient (Wildman–Crippen LogP) is 5.78. The van der Waals surface area contributed by atoms with Crippen molar-refractivity contribution in [1.29, 1.82) is 10.7 Å². The summed E-state index contributed by atoms with van der Waals surface area (Å²) < 4.78 is 6.08. The van der Waals surface area contributed by atoms with Gasteiger partial charge in [-0.15, -0.1) is 0 Å². The Morgan fingerprint density at radius 3 is 2.47 bits per heavy atom. The fourth-order valence-electron chi connectivity index (χ4n) is 4.78. The summed E-state index contributed by atoms with van der Waals surface area (Å²) in [6.07, 6.45) is 5.75. The zero-order valence-electron chi connectivity index (χ0n) is 21.5. The maximum Gasteiger partial charge on any atom is 0.146 e. The molecule has 198 valence electrons. The molecular weight excluding hydrogens is 523 g/mol. The van der Waals surface area contributed by atoms with Gasteiger partial charge < -0.3 is 20.5 Å². The summed E-state index contributed by atoms with van der Waals surface area (Å²) in [5, 5.41) is 29.8. The minimum Gasteiger partial charge on any atom is -0.486 e. The Balaban J connectivity index is 1.55. The minimum atomic E-state index is -0.733. The molecule has 38 heavy (non-hydrogen) atoms. The predicted molar refractivity (Wildman–Crippen MR) is 150 cm³/mol. The van der Waals surface area contributed by atoms with Crippen LogP contribution in [0.15, 0.2) is 42.9 Å². The number of nitrogens with two attached hydrogens (primary N) is 1. The average Bonchev–Trinajstić information content (AvgIpc) is 2.88. The number of aliphatic hydroxyl groups is 1. The fourth-order valence-corrected chi connectivity index (χ4v) is 5.45. The molecule has 1 aliphatic rings. The molecule has 0 bridgehead atoms. The van der Waals surface area contributed by atoms with Crippen LogP contribution in [0.1, 0.15) is 62.0 Å². The third-order valence-electron chi connectivity index (χ3n) is 6.97. The van der Waals surface area contributed by atoms with Crippen LogP contribution in [0.4, 0.5) is 11.5 Å². The van der Waals surface area contributed by atoms with Crippen LogP contribution in [0.3, 0.4) is 0 Å². The number of hydrogen-bond donors (Lipinski definition) is 3. The number of benzene rings is 1. The summed E-state index contributed by atoms with van der Waals surface area (Å²) in [4.78, 5) is 10.6. The van der Waals surface area contributed by atoms with Crippen LogP contribution in [0.5, 0.6) is 5.75 Å². The van der Waals surface area contributed by atoms with Gasteiger partial charge in [0.05, 0.1) is 26.9 Å². The fraction of sp³-hybridized carbons (Fsp3) is 0.357. The molecular formula is C28H30Cl2N6O2. The monoisotopic (exact) mass is 552 g/mol. The van der Waals surface area contributed by atoms with Gasteiger partial charge in [0.1, 0.15) is 23.7 Å². The van der Waals surface area contributed by atoms with Crippen LogP contribution >= 0.6 is 23.2 Å². The Kier molecular flexibility index (Phi) is 8.12. The van der Waals surface area contributed by atoms with E-state index in [0.717, 1.165) is 12.8 Å². The van der Waals surface area contributed by atoms with E-state index in [9.17, 15) is 10.4 Å². The molecule has 1 aromatic carbocycles. The molecule has 4 rings (SSSR count). The zero-order valence-corrected chi connectivity index (χ0v) is 23.0. The van der Waals surface area contributed by atoms with E-state index in [4.69, 9.17) is 39.1 Å². The van der Waals surface area contributed by atoms with Crippen molar-refractivity contribution in [2.24, 2.45) is 5.92 Å². The number of pyridine rings is 2. The molecule has 0 spiro atoms. The van der Waals surface area contributed by atoms with Gasteiger partial charge in [-0.25, -0.2) is 4.98 Å². The largest absolute Gasteiger partial charge is 0.486 e. The van der Waals surface area contributed by atoms with Gasteiger partial charge in [-0.05, 0) is 63.8 Å². The first-order valence-corrected chi connectivity index (χ1v) is 13.1. The van der Waals surface area contributed by atoms with Crippen molar-refractivity contribution in [2.75, 3.05) is 23.7 Å². The molecule has 4 N–H and O–H groups in total. The molecule has 10 heteroatoms. The maximum atomic E-state index is 10.3. The standard InChI is InChI=1S/C28H30Cl2N6O2/c1-16(25-22(29)14-34-15-23(25)30)38-20-4-5-24(32)21(11-20)26(33)18-10-17(12-31)27(35-13-18)36-8-6-19(7-9-36)28(2,3)37/h4-5,10-11,13-16,19,33,37H,6-9,32H2,1-3H3/t16-/m1/s1. The summed E-state index contributed by atoms with van der Waals surface area (Å²) in [5.41, 5.74) is 7.92. The Morgan fingerprint density at radius 2 is 1.87 bits per heavy atom. The van der Waals surface area contributed by atoms with Crippen molar-refractivity contribution in [2.45, 2.75) is 45.3 Å². The van der Waals surface area contributed by atoms with Gasteiger partial charge in [-0.3, -0.25) is 10.4 Å². The molecule has 0 unspecified atom stereocenters. The van der Waals surface area contributed by atoms with Crippen LogP contribution < -0.4 is 15.4 Å². The minimum absolute atomic E-state index is 0.122. The molecule has 8 nitrogen and oxygen atoms in total. The first-order valence-electron chi connectivity index (χ1n) is 12.3. The second-order valence-corrected chi connectivity index (χ2v) is 10.8. The lowest BCUT2D eigenvalue weighted by atomic mass is 9.83. The molecule has 0 radical (unpaired) electrons. The number of nitrogens with zero attached hydrogens (tertiary/aromatic N) is 4. The van der Waals surface area contributed by atoms with Crippen LogP contribution in [0.25, 0.3) is 0 Å². The first kappa shape index (κ1) is 27.6. The van der Waals surface area contributed by atoms with Crippen molar-refractivity contribution in [3.63, 3.8) is 0 Å². The maximum absolute atomic E-state index is 10.3. The number of anilines is 2. The molecule has 1 atom stereocenters. The summed E-state index contributed by atoms with van der Waals surface area (Å²) in [6, 6.07) is 8.95. The highest BCUT2D eigenvalue weighted by Gasteiger charge is 2.31. The topological polar surface area (TPSA) is 132 Å². The number of rotatable bonds is 7. The Bertz CT molecular complexity index is 1370. The third kappa shape index (κ3) is 5.86. The quantitative estimate of drug-likeness (QED) is 0.250. The highest BCUT2D eigenvalue weighted by Crippen LogP contribution is 2.34. The second-order valence-electron chi connectivity index (χ2n) is 10.0. The van der Waals surface area contributed by atoms with E-state index in [0.29, 0.717) is 62.6 Å². The van der Waals surface area contributed by atoms with E-state index >= 15 is 0 Å². The van der Waals surface area contributed by atoms with Crippen molar-refractivity contribution in [3.05, 3.63) is 75.2 Å². The van der Waals surface area contributed by atoms with Crippen molar-refractivity contribution in [1.82, 2.24) is 9.97 Å². The second kappa shape index (κ2) is 11.2. The number of nitrogen functional groups attached to an aromatic ring is 1. The van der Waals surface area contributed by atoms with Gasteiger partial charge in [0.15, 0.2) is 0 Å². The number of piperidine rings is 1. The zero-order chi connectivity index (χ0) is 27.6. The number of nitrogens with one attached hydrogen (secondary N) is 1. The first-order chi connectivity index (χ1) is 18.0. The van der Waals surface area contributed by atoms with Gasteiger partial charge >= 0.3 is 0 Å². The lowest BCUT2D eigenvalue weighted by Crippen LogP contribution is -2.42. The van der Waals surface area contributed by atoms with E-state index in [1.165, 1.54) is 12.4 Å². The SMILES string of the molecule is C[C@@H](Oc1ccc(N)c(C(=N)c2cnc(N3CCC(C(C)(C)O)CC3)c(C#N)c2)c1)c1c(Cl)cncc1Cl. The Morgan fingerprint density at radius 1 is 1.21 bits per heavy atom. The van der Waals surface area contributed by atoms with E-state index in [-0.39, 0.29) is 11.6 Å². The number of hydrogen-bond acceptors (Lipinski definition) is 8. The molecule has 0 amide bonds. The van der Waals surface area contributed by atoms with Crippen LogP contribution in [-0.4, -0.2) is 39.5 Å². The highest BCUT2D eigenvalue weighted by atomic mass is 35.5. The van der Waals surface area contributed by atoms with E-state index < -0.39 is 11.7 Å². The molecule has 1 aliphatic heterocycles. The number of halogens is 2. The van der Waals surface area contributed by atoms with Crippen molar-refractivity contribution in [3.8, 4) is 11.8 Å². The molecule has 1 fully saturated rings. The smallest absolute Gasteiger partial charge is 0.146 e. The van der Waals surface area contributed by atoms with Crippen molar-refractivity contribution >= 4 is 40.4 Å². The van der Waals surface area contributed by atoms with Gasteiger partial charge in [-0.1, -0.05) is 23.2 Å². The number of ether oxygens (including phenoxy) is 1. The number of nitriles is 1. The summed E-state index contributed by atoms with van der Waals surface area (Å²) in [7, 11) is 0. The molecule has 3 aromatic rings. The molecule has 0 aliphatic carbocycles. The Hall–Kier alpha value is -3.38. The van der Waals surface area contributed by atoms with Gasteiger partial charge in [-0.2, -0.15) is 5.26 Å². The number of aromatic nitrogens is 2. The lowest BCUT2D eigenvalue weighted by molar-refractivity contribution is 0.00645. The lowest BCUT2D eigenvalue weighted by Gasteiger charge is -2.38. The van der Waals surface area contributed by atoms with E-state index in [1.54, 1.807) is 30.5 Å². The molecule has 2 aromatic heterocycles. The third-order valence-corrected chi connectivity index (χ3v) is 7.58.